The number of H-pyrrole nitrogens is 1. The number of para-hydroxylation sites is 1. The first-order valence-corrected chi connectivity index (χ1v) is 11.0. The van der Waals surface area contributed by atoms with E-state index in [2.05, 4.69) is 36.5 Å². The van der Waals surface area contributed by atoms with Crippen molar-refractivity contribution in [3.63, 3.8) is 0 Å². The van der Waals surface area contributed by atoms with Gasteiger partial charge in [0.15, 0.2) is 0 Å². The Balaban J connectivity index is 1.50. The Morgan fingerprint density at radius 3 is 2.74 bits per heavy atom. The molecule has 4 rings (SSSR count). The van der Waals surface area contributed by atoms with Crippen molar-refractivity contribution in [2.24, 2.45) is 5.92 Å². The Labute approximate surface area is 188 Å². The molecule has 3 aromatic heterocycles. The van der Waals surface area contributed by atoms with E-state index in [1.807, 2.05) is 73.2 Å². The minimum absolute atomic E-state index is 0.155. The second kappa shape index (κ2) is 8.93. The van der Waals surface area contributed by atoms with Crippen LogP contribution in [0.1, 0.15) is 25.1 Å². The van der Waals surface area contributed by atoms with E-state index in [1.54, 1.807) is 0 Å². The van der Waals surface area contributed by atoms with Crippen LogP contribution < -0.4 is 10.6 Å². The van der Waals surface area contributed by atoms with Gasteiger partial charge in [0.1, 0.15) is 11.7 Å². The van der Waals surface area contributed by atoms with Crippen molar-refractivity contribution in [1.29, 1.82) is 0 Å². The fraction of sp³-hybridized carbons (Fsp3) is 0.261. The van der Waals surface area contributed by atoms with Crippen LogP contribution in [0.2, 0.25) is 0 Å². The summed E-state index contributed by atoms with van der Waals surface area (Å²) in [6.45, 7) is 3.90. The molecule has 0 saturated heterocycles. The highest BCUT2D eigenvalue weighted by Gasteiger charge is 2.23. The van der Waals surface area contributed by atoms with Crippen LogP contribution in [0.3, 0.4) is 0 Å². The summed E-state index contributed by atoms with van der Waals surface area (Å²) in [6, 6.07) is 11.1. The van der Waals surface area contributed by atoms with Gasteiger partial charge in [-0.15, -0.1) is 0 Å². The third-order valence-corrected chi connectivity index (χ3v) is 5.63. The number of pyridine rings is 1. The Morgan fingerprint density at radius 2 is 1.94 bits per heavy atom. The van der Waals surface area contributed by atoms with Crippen molar-refractivity contribution < 1.29 is 9.59 Å². The third kappa shape index (κ3) is 4.80. The maximum atomic E-state index is 13.0. The monoisotopic (exact) mass is 481 g/mol. The van der Waals surface area contributed by atoms with Gasteiger partial charge in [-0.1, -0.05) is 32.0 Å². The number of carbonyl (C=O) groups is 2. The average molecular weight is 482 g/mol. The minimum atomic E-state index is -0.680. The van der Waals surface area contributed by atoms with Gasteiger partial charge in [-0.25, -0.2) is 4.98 Å². The molecule has 0 bridgehead atoms. The lowest BCUT2D eigenvalue weighted by molar-refractivity contribution is -0.130. The van der Waals surface area contributed by atoms with Crippen LogP contribution in [0, 0.1) is 5.92 Å². The van der Waals surface area contributed by atoms with Gasteiger partial charge in [0.25, 0.3) is 0 Å². The molecular formula is C23H24BrN5O2. The number of nitrogens with one attached hydrogen (secondary N) is 3. The van der Waals surface area contributed by atoms with Crippen LogP contribution in [0.15, 0.2) is 59.5 Å². The molecule has 7 nitrogen and oxygen atoms in total. The predicted octanol–water partition coefficient (Wildman–Crippen LogP) is 3.58. The van der Waals surface area contributed by atoms with Gasteiger partial charge in [-0.3, -0.25) is 9.59 Å². The van der Waals surface area contributed by atoms with Crippen molar-refractivity contribution in [3.8, 4) is 0 Å². The second-order valence-electron chi connectivity index (χ2n) is 7.84. The van der Waals surface area contributed by atoms with Crippen molar-refractivity contribution >= 4 is 44.3 Å². The van der Waals surface area contributed by atoms with Crippen LogP contribution in [-0.2, 0) is 22.6 Å². The fourth-order valence-electron chi connectivity index (χ4n) is 3.47. The Kier molecular flexibility index (Phi) is 6.08. The second-order valence-corrected chi connectivity index (χ2v) is 8.76. The zero-order valence-corrected chi connectivity index (χ0v) is 18.9. The SMILES string of the molecule is CC(C)C(=O)NC(Cc1c[nH]c2ccccc12)C(=O)NCc1cn2cc(Br)ccc2n1. The number of aromatic nitrogens is 3. The lowest BCUT2D eigenvalue weighted by Crippen LogP contribution is -2.49. The predicted molar refractivity (Wildman–Crippen MR) is 124 cm³/mol. The molecule has 160 valence electrons. The molecule has 3 N–H and O–H groups in total. The number of carbonyl (C=O) groups excluding carboxylic acids is 2. The topological polar surface area (TPSA) is 91.3 Å². The zero-order valence-electron chi connectivity index (χ0n) is 17.4. The number of rotatable bonds is 7. The summed E-state index contributed by atoms with van der Waals surface area (Å²) in [4.78, 5) is 33.1. The van der Waals surface area contributed by atoms with E-state index in [-0.39, 0.29) is 24.3 Å². The summed E-state index contributed by atoms with van der Waals surface area (Å²) in [5, 5.41) is 6.87. The zero-order chi connectivity index (χ0) is 22.0. The largest absolute Gasteiger partial charge is 0.361 e. The summed E-state index contributed by atoms with van der Waals surface area (Å²) in [5.41, 5.74) is 3.53. The normalized spacial score (nSPS) is 12.4. The highest BCUT2D eigenvalue weighted by molar-refractivity contribution is 9.10. The first-order chi connectivity index (χ1) is 14.9. The molecule has 0 aliphatic carbocycles. The summed E-state index contributed by atoms with van der Waals surface area (Å²) in [5.74, 6) is -0.606. The molecule has 0 radical (unpaired) electrons. The van der Waals surface area contributed by atoms with E-state index in [0.29, 0.717) is 6.42 Å². The average Bonchev–Trinajstić information content (AvgIpc) is 3.34. The van der Waals surface area contributed by atoms with Crippen molar-refractivity contribution in [2.45, 2.75) is 32.9 Å². The Bertz CT molecular complexity index is 1240. The van der Waals surface area contributed by atoms with Crippen molar-refractivity contribution in [3.05, 3.63) is 70.7 Å². The van der Waals surface area contributed by atoms with Crippen LogP contribution in [0.25, 0.3) is 16.6 Å². The van der Waals surface area contributed by atoms with E-state index in [1.165, 1.54) is 0 Å². The molecule has 0 spiro atoms. The van der Waals surface area contributed by atoms with Crippen LogP contribution in [-0.4, -0.2) is 32.2 Å². The van der Waals surface area contributed by atoms with Gasteiger partial charge in [0.05, 0.1) is 12.2 Å². The summed E-state index contributed by atoms with van der Waals surface area (Å²) < 4.78 is 2.85. The van der Waals surface area contributed by atoms with E-state index >= 15 is 0 Å². The van der Waals surface area contributed by atoms with E-state index < -0.39 is 6.04 Å². The van der Waals surface area contributed by atoms with Gasteiger partial charge in [-0.05, 0) is 39.7 Å². The maximum Gasteiger partial charge on any atom is 0.243 e. The van der Waals surface area contributed by atoms with E-state index in [9.17, 15) is 9.59 Å². The summed E-state index contributed by atoms with van der Waals surface area (Å²) in [7, 11) is 0. The van der Waals surface area contributed by atoms with Gasteiger partial charge in [0.2, 0.25) is 11.8 Å². The molecule has 1 atom stereocenters. The summed E-state index contributed by atoms with van der Waals surface area (Å²) in [6.07, 6.45) is 6.08. The van der Waals surface area contributed by atoms with Gasteiger partial charge >= 0.3 is 0 Å². The van der Waals surface area contributed by atoms with Crippen molar-refractivity contribution in [1.82, 2.24) is 25.0 Å². The molecule has 2 amide bonds. The molecule has 0 saturated carbocycles. The van der Waals surface area contributed by atoms with Crippen LogP contribution in [0.4, 0.5) is 0 Å². The first kappa shape index (κ1) is 21.1. The molecule has 0 fully saturated rings. The first-order valence-electron chi connectivity index (χ1n) is 10.2. The molecule has 3 heterocycles. The number of hydrogen-bond acceptors (Lipinski definition) is 3. The standard InChI is InChI=1S/C23H24BrN5O2/c1-14(2)22(30)28-20(9-15-10-25-19-6-4-3-5-18(15)19)23(31)26-11-17-13-29-12-16(24)7-8-21(29)27-17/h3-8,10,12-14,20,25H,9,11H2,1-2H3,(H,26,31)(H,28,30). The fourth-order valence-corrected chi connectivity index (χ4v) is 3.82. The Morgan fingerprint density at radius 1 is 1.13 bits per heavy atom. The smallest absolute Gasteiger partial charge is 0.243 e. The van der Waals surface area contributed by atoms with E-state index in [0.717, 1.165) is 32.3 Å². The number of nitrogens with zero attached hydrogens (tertiary/aromatic N) is 2. The number of aromatic amines is 1. The number of hydrogen-bond donors (Lipinski definition) is 3. The molecule has 31 heavy (non-hydrogen) atoms. The quantitative estimate of drug-likeness (QED) is 0.376. The summed E-state index contributed by atoms with van der Waals surface area (Å²) >= 11 is 3.44. The van der Waals surface area contributed by atoms with Crippen LogP contribution >= 0.6 is 15.9 Å². The van der Waals surface area contributed by atoms with Crippen LogP contribution in [0.5, 0.6) is 0 Å². The maximum absolute atomic E-state index is 13.0. The molecule has 4 aromatic rings. The number of fused-ring (bicyclic) bond motifs is 2. The highest BCUT2D eigenvalue weighted by atomic mass is 79.9. The lowest BCUT2D eigenvalue weighted by Gasteiger charge is -2.19. The molecule has 1 unspecified atom stereocenters. The lowest BCUT2D eigenvalue weighted by atomic mass is 10.0. The molecule has 0 aliphatic rings. The van der Waals surface area contributed by atoms with Gasteiger partial charge in [-0.2, -0.15) is 0 Å². The van der Waals surface area contributed by atoms with Gasteiger partial charge in [0, 0.05) is 46.3 Å². The number of halogens is 1. The number of imidazole rings is 1. The number of benzene rings is 1. The third-order valence-electron chi connectivity index (χ3n) is 5.16. The molecule has 0 aliphatic heterocycles. The highest BCUT2D eigenvalue weighted by Crippen LogP contribution is 2.19. The Hall–Kier alpha value is -3.13. The van der Waals surface area contributed by atoms with Gasteiger partial charge < -0.3 is 20.0 Å². The molecule has 8 heteroatoms. The molecular weight excluding hydrogens is 458 g/mol. The van der Waals surface area contributed by atoms with E-state index in [4.69, 9.17) is 0 Å². The minimum Gasteiger partial charge on any atom is -0.361 e. The van der Waals surface area contributed by atoms with Crippen molar-refractivity contribution in [2.75, 3.05) is 0 Å². The molecule has 1 aromatic carbocycles. The number of amides is 2.